The van der Waals surface area contributed by atoms with Crippen LogP contribution in [-0.4, -0.2) is 66.8 Å². The molecule has 1 N–H and O–H groups in total. The van der Waals surface area contributed by atoms with Crippen molar-refractivity contribution in [2.75, 3.05) is 26.2 Å². The highest BCUT2D eigenvalue weighted by Gasteiger charge is 2.27. The Bertz CT molecular complexity index is 572. The van der Waals surface area contributed by atoms with Crippen molar-refractivity contribution in [3.8, 4) is 0 Å². The van der Waals surface area contributed by atoms with E-state index < -0.39 is 0 Å². The smallest absolute Gasteiger partial charge is 0.247 e. The predicted molar refractivity (Wildman–Crippen MR) is 79.8 cm³/mol. The first kappa shape index (κ1) is 14.7. The molecular weight excluding hydrogens is 282 g/mol. The second kappa shape index (κ2) is 6.69. The molecule has 8 heteroatoms. The lowest BCUT2D eigenvalue weighted by Gasteiger charge is -2.35. The van der Waals surface area contributed by atoms with E-state index in [0.29, 0.717) is 0 Å². The molecule has 118 valence electrons. The van der Waals surface area contributed by atoms with E-state index in [1.807, 2.05) is 24.1 Å². The first-order chi connectivity index (χ1) is 10.8. The predicted octanol–water partition coefficient (Wildman–Crippen LogP) is 0.297. The average molecular weight is 303 g/mol. The fraction of sp³-hybridized carbons (Fsp3) is 0.571. The zero-order chi connectivity index (χ0) is 15.4. The maximum atomic E-state index is 12.7. The van der Waals surface area contributed by atoms with Gasteiger partial charge in [-0.2, -0.15) is 10.2 Å². The minimum Gasteiger partial charge on any atom is -0.338 e. The van der Waals surface area contributed by atoms with E-state index in [9.17, 15) is 4.79 Å². The molecule has 1 aliphatic heterocycles. The number of nitrogens with one attached hydrogen (secondary N) is 1. The van der Waals surface area contributed by atoms with E-state index in [0.717, 1.165) is 45.0 Å². The summed E-state index contributed by atoms with van der Waals surface area (Å²) in [6.07, 6.45) is 5.83. The number of hydrogen-bond donors (Lipinski definition) is 1. The number of piperazine rings is 1. The van der Waals surface area contributed by atoms with Crippen molar-refractivity contribution in [1.82, 2.24) is 34.8 Å². The minimum absolute atomic E-state index is 0.158. The summed E-state index contributed by atoms with van der Waals surface area (Å²) in [5.41, 5.74) is 0. The number of carbonyl (C=O) groups is 1. The van der Waals surface area contributed by atoms with Gasteiger partial charge in [-0.3, -0.25) is 19.5 Å². The molecule has 0 aliphatic carbocycles. The molecular formula is C14H21N7O. The molecule has 1 aliphatic rings. The molecule has 3 heterocycles. The summed E-state index contributed by atoms with van der Waals surface area (Å²) in [4.78, 5) is 21.0. The molecule has 1 fully saturated rings. The molecule has 0 spiro atoms. The van der Waals surface area contributed by atoms with E-state index >= 15 is 0 Å². The molecule has 1 saturated heterocycles. The van der Waals surface area contributed by atoms with E-state index in [1.165, 1.54) is 6.33 Å². The Morgan fingerprint density at radius 1 is 1.36 bits per heavy atom. The van der Waals surface area contributed by atoms with Gasteiger partial charge in [-0.05, 0) is 12.5 Å². The van der Waals surface area contributed by atoms with Gasteiger partial charge in [0.15, 0.2) is 0 Å². The van der Waals surface area contributed by atoms with Crippen molar-refractivity contribution >= 4 is 5.91 Å². The number of nitrogens with zero attached hydrogens (tertiary/aromatic N) is 6. The van der Waals surface area contributed by atoms with Crippen LogP contribution in [0.3, 0.4) is 0 Å². The van der Waals surface area contributed by atoms with E-state index in [-0.39, 0.29) is 11.9 Å². The van der Waals surface area contributed by atoms with Gasteiger partial charge < -0.3 is 4.90 Å². The van der Waals surface area contributed by atoms with Crippen molar-refractivity contribution < 1.29 is 4.79 Å². The SMILES string of the molecule is CCC(C(=O)N1CCN(Cc2ncn[nH]2)CC1)n1cccn1. The summed E-state index contributed by atoms with van der Waals surface area (Å²) in [7, 11) is 0. The second-order valence-electron chi connectivity index (χ2n) is 5.44. The van der Waals surface area contributed by atoms with Crippen molar-refractivity contribution in [2.45, 2.75) is 25.9 Å². The van der Waals surface area contributed by atoms with Gasteiger partial charge in [-0.25, -0.2) is 4.98 Å². The Morgan fingerprint density at radius 3 is 2.77 bits per heavy atom. The van der Waals surface area contributed by atoms with Crippen LogP contribution in [0.15, 0.2) is 24.8 Å². The van der Waals surface area contributed by atoms with Crippen LogP contribution in [0.25, 0.3) is 0 Å². The van der Waals surface area contributed by atoms with E-state index in [4.69, 9.17) is 0 Å². The van der Waals surface area contributed by atoms with E-state index in [1.54, 1.807) is 10.9 Å². The fourth-order valence-electron chi connectivity index (χ4n) is 2.80. The molecule has 0 bridgehead atoms. The normalized spacial score (nSPS) is 17.6. The van der Waals surface area contributed by atoms with Gasteiger partial charge in [-0.15, -0.1) is 0 Å². The molecule has 3 rings (SSSR count). The maximum Gasteiger partial charge on any atom is 0.247 e. The molecule has 22 heavy (non-hydrogen) atoms. The second-order valence-corrected chi connectivity index (χ2v) is 5.44. The summed E-state index contributed by atoms with van der Waals surface area (Å²) in [5.74, 6) is 1.02. The number of carbonyl (C=O) groups excluding carboxylic acids is 1. The van der Waals surface area contributed by atoms with E-state index in [2.05, 4.69) is 25.2 Å². The lowest BCUT2D eigenvalue weighted by atomic mass is 10.2. The first-order valence-corrected chi connectivity index (χ1v) is 7.62. The average Bonchev–Trinajstić information content (AvgIpc) is 3.22. The number of amides is 1. The molecule has 0 saturated carbocycles. The Hall–Kier alpha value is -2.22. The Morgan fingerprint density at radius 2 is 2.18 bits per heavy atom. The van der Waals surface area contributed by atoms with Crippen LogP contribution < -0.4 is 0 Å². The van der Waals surface area contributed by atoms with Crippen LogP contribution in [0.1, 0.15) is 25.2 Å². The largest absolute Gasteiger partial charge is 0.338 e. The summed E-state index contributed by atoms with van der Waals surface area (Å²) in [6.45, 7) is 5.95. The summed E-state index contributed by atoms with van der Waals surface area (Å²) in [6, 6.07) is 1.65. The first-order valence-electron chi connectivity index (χ1n) is 7.62. The minimum atomic E-state index is -0.198. The molecule has 8 nitrogen and oxygen atoms in total. The van der Waals surface area contributed by atoms with Crippen molar-refractivity contribution in [2.24, 2.45) is 0 Å². The number of aromatic nitrogens is 5. The Balaban J connectivity index is 1.55. The fourth-order valence-corrected chi connectivity index (χ4v) is 2.80. The highest BCUT2D eigenvalue weighted by molar-refractivity contribution is 5.80. The lowest BCUT2D eigenvalue weighted by molar-refractivity contribution is -0.137. The van der Waals surface area contributed by atoms with Crippen LogP contribution in [0.5, 0.6) is 0 Å². The highest BCUT2D eigenvalue weighted by atomic mass is 16.2. The highest BCUT2D eigenvalue weighted by Crippen LogP contribution is 2.16. The topological polar surface area (TPSA) is 82.9 Å². The zero-order valence-electron chi connectivity index (χ0n) is 12.7. The van der Waals surface area contributed by atoms with Gasteiger partial charge in [0.25, 0.3) is 0 Å². The third-order valence-electron chi connectivity index (χ3n) is 4.04. The van der Waals surface area contributed by atoms with Gasteiger partial charge in [-0.1, -0.05) is 6.92 Å². The molecule has 1 atom stereocenters. The molecule has 1 unspecified atom stereocenters. The summed E-state index contributed by atoms with van der Waals surface area (Å²) >= 11 is 0. The maximum absolute atomic E-state index is 12.7. The molecule has 1 amide bonds. The van der Waals surface area contributed by atoms with Crippen LogP contribution >= 0.6 is 0 Å². The van der Waals surface area contributed by atoms with Crippen molar-refractivity contribution in [3.63, 3.8) is 0 Å². The van der Waals surface area contributed by atoms with Crippen molar-refractivity contribution in [1.29, 1.82) is 0 Å². The Labute approximate surface area is 129 Å². The number of H-pyrrole nitrogens is 1. The Kier molecular flexibility index (Phi) is 4.47. The van der Waals surface area contributed by atoms with Crippen LogP contribution in [0, 0.1) is 0 Å². The van der Waals surface area contributed by atoms with Gasteiger partial charge in [0.2, 0.25) is 5.91 Å². The van der Waals surface area contributed by atoms with Gasteiger partial charge >= 0.3 is 0 Å². The molecule has 0 aromatic carbocycles. The molecule has 2 aromatic heterocycles. The number of hydrogen-bond acceptors (Lipinski definition) is 5. The lowest BCUT2D eigenvalue weighted by Crippen LogP contribution is -2.50. The van der Waals surface area contributed by atoms with Gasteiger partial charge in [0.1, 0.15) is 18.2 Å². The van der Waals surface area contributed by atoms with Crippen LogP contribution in [-0.2, 0) is 11.3 Å². The zero-order valence-corrected chi connectivity index (χ0v) is 12.7. The molecule has 0 radical (unpaired) electrons. The number of aromatic amines is 1. The van der Waals surface area contributed by atoms with Crippen LogP contribution in [0.2, 0.25) is 0 Å². The van der Waals surface area contributed by atoms with Crippen LogP contribution in [0.4, 0.5) is 0 Å². The third kappa shape index (κ3) is 3.16. The number of rotatable bonds is 5. The summed E-state index contributed by atoms with van der Waals surface area (Å²) < 4.78 is 1.75. The van der Waals surface area contributed by atoms with Crippen molar-refractivity contribution in [3.05, 3.63) is 30.6 Å². The van der Waals surface area contributed by atoms with Gasteiger partial charge in [0, 0.05) is 38.6 Å². The summed E-state index contributed by atoms with van der Waals surface area (Å²) in [5, 5.41) is 10.9. The quantitative estimate of drug-likeness (QED) is 0.859. The monoisotopic (exact) mass is 303 g/mol. The standard InChI is InChI=1S/C14H21N7O/c1-2-12(21-5-3-4-17-21)14(22)20-8-6-19(7-9-20)10-13-15-11-16-18-13/h3-5,11-12H,2,6-10H2,1H3,(H,15,16,18). The molecule has 2 aromatic rings. The van der Waals surface area contributed by atoms with Gasteiger partial charge in [0.05, 0.1) is 6.54 Å². The third-order valence-corrected chi connectivity index (χ3v) is 4.04.